The minimum atomic E-state index is -2.48. The second kappa shape index (κ2) is 6.06. The quantitative estimate of drug-likeness (QED) is 0.773. The Morgan fingerprint density at radius 3 is 2.54 bits per heavy atom. The molecule has 1 aliphatic carbocycles. The highest BCUT2D eigenvalue weighted by Crippen LogP contribution is 2.44. The third-order valence-corrected chi connectivity index (χ3v) is 4.25. The number of methoxy groups -OCH3 is 2. The van der Waals surface area contributed by atoms with Crippen LogP contribution in [0.3, 0.4) is 0 Å². The molecule has 3 rings (SSSR count). The van der Waals surface area contributed by atoms with E-state index in [1.807, 2.05) is 0 Å². The average Bonchev–Trinajstić information content (AvgIpc) is 2.58. The van der Waals surface area contributed by atoms with E-state index in [-0.39, 0.29) is 22.8 Å². The van der Waals surface area contributed by atoms with Crippen LogP contribution in [0, 0.1) is 6.92 Å². The summed E-state index contributed by atoms with van der Waals surface area (Å²) in [4.78, 5) is 37.5. The Bertz CT molecular complexity index is 914. The number of aryl methyl sites for hydroxylation is 1. The van der Waals surface area contributed by atoms with E-state index in [1.54, 1.807) is 6.92 Å². The summed E-state index contributed by atoms with van der Waals surface area (Å²) in [7, 11) is 2.33. The highest BCUT2D eigenvalue weighted by Gasteiger charge is 2.59. The van der Waals surface area contributed by atoms with Gasteiger partial charge in [0, 0.05) is 6.08 Å². The van der Waals surface area contributed by atoms with E-state index >= 15 is 0 Å². The molecule has 0 fully saturated rings. The summed E-state index contributed by atoms with van der Waals surface area (Å²) in [5.74, 6) is -6.16. The van der Waals surface area contributed by atoms with Gasteiger partial charge in [-0.05, 0) is 24.6 Å². The number of ether oxygens (including phenoxy) is 4. The molecule has 0 saturated heterocycles. The Kier molecular flexibility index (Phi) is 4.15. The Labute approximate surface area is 152 Å². The number of phenols is 1. The van der Waals surface area contributed by atoms with Crippen LogP contribution in [0.15, 0.2) is 34.6 Å². The molecule has 1 unspecified atom stereocenters. The summed E-state index contributed by atoms with van der Waals surface area (Å²) in [5, 5.41) is 9.56. The lowest BCUT2D eigenvalue weighted by Crippen LogP contribution is -2.56. The molecule has 1 heterocycles. The molecule has 0 saturated carbocycles. The first-order chi connectivity index (χ1) is 12.2. The van der Waals surface area contributed by atoms with Gasteiger partial charge in [0.1, 0.15) is 33.4 Å². The van der Waals surface area contributed by atoms with Crippen molar-refractivity contribution in [3.05, 3.63) is 45.7 Å². The fraction of sp³-hybridized carbons (Fsp3) is 0.235. The highest BCUT2D eigenvalue weighted by molar-refractivity contribution is 6.45. The van der Waals surface area contributed by atoms with Crippen LogP contribution in [-0.4, -0.2) is 42.8 Å². The van der Waals surface area contributed by atoms with Crippen molar-refractivity contribution in [3.63, 3.8) is 0 Å². The third kappa shape index (κ3) is 2.41. The maximum absolute atomic E-state index is 12.8. The summed E-state index contributed by atoms with van der Waals surface area (Å²) in [6.45, 7) is 1.64. The molecular formula is C17H13ClO8. The van der Waals surface area contributed by atoms with Gasteiger partial charge in [0.15, 0.2) is 0 Å². The maximum atomic E-state index is 12.8. The third-order valence-electron chi connectivity index (χ3n) is 3.89. The monoisotopic (exact) mass is 380 g/mol. The number of hydrogen-bond donors (Lipinski definition) is 1. The van der Waals surface area contributed by atoms with Crippen molar-refractivity contribution in [3.8, 4) is 11.5 Å². The molecule has 8 nitrogen and oxygen atoms in total. The summed E-state index contributed by atoms with van der Waals surface area (Å²) in [6.07, 6.45) is 1.10. The van der Waals surface area contributed by atoms with Crippen LogP contribution >= 0.6 is 11.6 Å². The lowest BCUT2D eigenvalue weighted by Gasteiger charge is -2.38. The zero-order valence-electron chi connectivity index (χ0n) is 13.9. The first-order valence-electron chi connectivity index (χ1n) is 7.30. The van der Waals surface area contributed by atoms with E-state index in [0.29, 0.717) is 5.56 Å². The van der Waals surface area contributed by atoms with Gasteiger partial charge < -0.3 is 24.1 Å². The van der Waals surface area contributed by atoms with Crippen LogP contribution < -0.4 is 4.74 Å². The molecule has 1 spiro atoms. The normalized spacial score (nSPS) is 21.6. The summed E-state index contributed by atoms with van der Waals surface area (Å²) in [6, 6.07) is 2.75. The molecule has 0 bridgehead atoms. The predicted octanol–water partition coefficient (Wildman–Crippen LogP) is 1.73. The van der Waals surface area contributed by atoms with Crippen LogP contribution in [-0.2, 0) is 23.8 Å². The van der Waals surface area contributed by atoms with Crippen LogP contribution in [0.2, 0.25) is 0 Å². The number of phenolic OH excluding ortho intramolecular Hbond substituents is 1. The number of halogens is 1. The van der Waals surface area contributed by atoms with Crippen LogP contribution in [0.5, 0.6) is 11.5 Å². The van der Waals surface area contributed by atoms with Crippen molar-refractivity contribution in [2.75, 3.05) is 14.2 Å². The Morgan fingerprint density at radius 1 is 1.23 bits per heavy atom. The van der Waals surface area contributed by atoms with E-state index in [1.165, 1.54) is 19.2 Å². The van der Waals surface area contributed by atoms with E-state index in [4.69, 9.17) is 25.8 Å². The maximum Gasteiger partial charge on any atom is 0.354 e. The van der Waals surface area contributed by atoms with Crippen molar-refractivity contribution >= 4 is 29.3 Å². The summed E-state index contributed by atoms with van der Waals surface area (Å²) in [5.41, 5.74) is -0.140. The fourth-order valence-electron chi connectivity index (χ4n) is 2.70. The highest BCUT2D eigenvalue weighted by atomic mass is 35.5. The number of aromatic hydroxyl groups is 1. The largest absolute Gasteiger partial charge is 0.507 e. The van der Waals surface area contributed by atoms with E-state index < -0.39 is 34.1 Å². The van der Waals surface area contributed by atoms with Crippen molar-refractivity contribution < 1.29 is 38.4 Å². The molecule has 1 aromatic carbocycles. The van der Waals surface area contributed by atoms with Crippen LogP contribution in [0.25, 0.3) is 0 Å². The SMILES string of the molecule is COC(=O)C1=CC(OC)=C(Cl)C(=O)C12OC(=O)c1c(O)cc(C)cc1O2. The van der Waals surface area contributed by atoms with Crippen molar-refractivity contribution in [2.45, 2.75) is 12.7 Å². The molecular weight excluding hydrogens is 368 g/mol. The van der Waals surface area contributed by atoms with Gasteiger partial charge in [0.25, 0.3) is 5.78 Å². The van der Waals surface area contributed by atoms with E-state index in [0.717, 1.165) is 13.2 Å². The van der Waals surface area contributed by atoms with Gasteiger partial charge in [-0.3, -0.25) is 4.79 Å². The minimum Gasteiger partial charge on any atom is -0.507 e. The Hall–Kier alpha value is -3.00. The molecule has 1 atom stereocenters. The number of ketones is 1. The Morgan fingerprint density at radius 2 is 1.92 bits per heavy atom. The number of allylic oxidation sites excluding steroid dienone is 1. The van der Waals surface area contributed by atoms with Crippen LogP contribution in [0.4, 0.5) is 0 Å². The molecule has 1 N–H and O–H groups in total. The minimum absolute atomic E-state index is 0.111. The standard InChI is InChI=1S/C17H13ClO8/c1-7-4-9(19)12-10(5-7)25-17(26-16(12)22)8(15(21)24-3)6-11(23-2)13(18)14(17)20/h4-6,19H,1-3H3. The number of esters is 2. The number of Topliss-reactive ketones (excluding diaryl/α,β-unsaturated/α-hetero) is 1. The van der Waals surface area contributed by atoms with Gasteiger partial charge in [-0.25, -0.2) is 9.59 Å². The molecule has 2 aliphatic rings. The first-order valence-corrected chi connectivity index (χ1v) is 7.68. The number of benzene rings is 1. The molecule has 0 radical (unpaired) electrons. The zero-order valence-corrected chi connectivity index (χ0v) is 14.7. The summed E-state index contributed by atoms with van der Waals surface area (Å²) < 4.78 is 20.4. The lowest BCUT2D eigenvalue weighted by atomic mass is 9.93. The van der Waals surface area contributed by atoms with Gasteiger partial charge in [0.05, 0.1) is 14.2 Å². The van der Waals surface area contributed by atoms with Crippen LogP contribution in [0.1, 0.15) is 15.9 Å². The molecule has 1 aromatic rings. The predicted molar refractivity (Wildman–Crippen MR) is 86.6 cm³/mol. The number of hydrogen-bond acceptors (Lipinski definition) is 8. The van der Waals surface area contributed by atoms with Gasteiger partial charge >= 0.3 is 17.7 Å². The molecule has 136 valence electrons. The number of carbonyl (C=O) groups excluding carboxylic acids is 3. The topological polar surface area (TPSA) is 108 Å². The Balaban J connectivity index is 2.24. The van der Waals surface area contributed by atoms with Gasteiger partial charge in [-0.15, -0.1) is 0 Å². The first kappa shape index (κ1) is 17.8. The lowest BCUT2D eigenvalue weighted by molar-refractivity contribution is -0.169. The van der Waals surface area contributed by atoms with Crippen molar-refractivity contribution in [1.29, 1.82) is 0 Å². The van der Waals surface area contributed by atoms with Crippen molar-refractivity contribution in [1.82, 2.24) is 0 Å². The molecule has 0 aromatic heterocycles. The molecule has 1 aliphatic heterocycles. The summed E-state index contributed by atoms with van der Waals surface area (Å²) >= 11 is 5.99. The van der Waals surface area contributed by atoms with Crippen molar-refractivity contribution in [2.24, 2.45) is 0 Å². The molecule has 26 heavy (non-hydrogen) atoms. The smallest absolute Gasteiger partial charge is 0.354 e. The van der Waals surface area contributed by atoms with E-state index in [9.17, 15) is 19.5 Å². The fourth-order valence-corrected chi connectivity index (χ4v) is 2.96. The second-order valence-corrected chi connectivity index (χ2v) is 5.90. The second-order valence-electron chi connectivity index (χ2n) is 5.53. The van der Waals surface area contributed by atoms with E-state index in [2.05, 4.69) is 4.74 Å². The molecule has 9 heteroatoms. The number of rotatable bonds is 2. The number of carbonyl (C=O) groups is 3. The van der Waals surface area contributed by atoms with Gasteiger partial charge in [-0.1, -0.05) is 11.6 Å². The van der Waals surface area contributed by atoms with Gasteiger partial charge in [-0.2, -0.15) is 0 Å². The van der Waals surface area contributed by atoms with Gasteiger partial charge in [0.2, 0.25) is 0 Å². The average molecular weight is 381 g/mol. The zero-order chi connectivity index (χ0) is 19.2. The molecule has 0 amide bonds. The number of fused-ring (bicyclic) bond motifs is 1.